The molecule has 2 aliphatic heterocycles. The monoisotopic (exact) mass is 515 g/mol. The number of benzene rings is 2. The van der Waals surface area contributed by atoms with Crippen LogP contribution in [0.5, 0.6) is 0 Å². The Labute approximate surface area is 210 Å². The maximum Gasteiger partial charge on any atom is 0.295 e. The van der Waals surface area contributed by atoms with Gasteiger partial charge in [-0.15, -0.1) is 0 Å². The fraction of sp³-hybridized carbons (Fsp3) is 0.385. The number of hydrogen-bond donors (Lipinski definition) is 1. The first-order valence-corrected chi connectivity index (χ1v) is 13.3. The standard InChI is InChI=1S/C26H30FN3O5S/c1-28(2)36(34,35)21-12-8-19(9-13-21)24(31)22-23(18-6-10-20(27)11-7-18)30(26(33)25(22)32)17-16-29-14-4-3-5-15-29/h6-13,23,31H,3-5,14-17H2,1-2H3/b24-22+/t23-/m0/s1. The van der Waals surface area contributed by atoms with Crippen LogP contribution in [0.4, 0.5) is 4.39 Å². The molecule has 0 bridgehead atoms. The van der Waals surface area contributed by atoms with E-state index in [0.717, 1.165) is 30.2 Å². The summed E-state index contributed by atoms with van der Waals surface area (Å²) in [5, 5.41) is 11.2. The number of sulfonamides is 1. The predicted octanol–water partition coefficient (Wildman–Crippen LogP) is 2.98. The number of hydrogen-bond acceptors (Lipinski definition) is 6. The van der Waals surface area contributed by atoms with Crippen molar-refractivity contribution in [2.75, 3.05) is 40.3 Å². The summed E-state index contributed by atoms with van der Waals surface area (Å²) in [5.41, 5.74) is 0.602. The third kappa shape index (κ3) is 5.07. The first-order chi connectivity index (χ1) is 17.1. The summed E-state index contributed by atoms with van der Waals surface area (Å²) in [5.74, 6) is -2.42. The van der Waals surface area contributed by atoms with Crippen molar-refractivity contribution in [1.82, 2.24) is 14.1 Å². The van der Waals surface area contributed by atoms with E-state index < -0.39 is 39.3 Å². The Morgan fingerprint density at radius 3 is 2.17 bits per heavy atom. The lowest BCUT2D eigenvalue weighted by molar-refractivity contribution is -0.140. The van der Waals surface area contributed by atoms with Gasteiger partial charge in [0.1, 0.15) is 11.6 Å². The van der Waals surface area contributed by atoms with E-state index >= 15 is 0 Å². The molecule has 0 radical (unpaired) electrons. The molecular formula is C26H30FN3O5S. The van der Waals surface area contributed by atoms with Crippen molar-refractivity contribution in [1.29, 1.82) is 0 Å². The van der Waals surface area contributed by atoms with Gasteiger partial charge in [-0.05, 0) is 67.9 Å². The van der Waals surface area contributed by atoms with E-state index in [1.165, 1.54) is 73.9 Å². The van der Waals surface area contributed by atoms with Gasteiger partial charge >= 0.3 is 0 Å². The van der Waals surface area contributed by atoms with E-state index in [0.29, 0.717) is 12.1 Å². The second kappa shape index (κ2) is 10.5. The molecule has 0 saturated carbocycles. The summed E-state index contributed by atoms with van der Waals surface area (Å²) in [4.78, 5) is 29.9. The zero-order valence-corrected chi connectivity index (χ0v) is 21.2. The number of rotatable bonds is 7. The van der Waals surface area contributed by atoms with Gasteiger partial charge in [-0.25, -0.2) is 17.1 Å². The number of Topliss-reactive ketones (excluding diaryl/α,β-unsaturated/α-hetero) is 1. The second-order valence-electron chi connectivity index (χ2n) is 9.26. The topological polar surface area (TPSA) is 98.2 Å². The number of halogens is 1. The molecular weight excluding hydrogens is 485 g/mol. The summed E-state index contributed by atoms with van der Waals surface area (Å²) in [6, 6.07) is 10.1. The summed E-state index contributed by atoms with van der Waals surface area (Å²) in [6.45, 7) is 2.71. The molecule has 8 nitrogen and oxygen atoms in total. The van der Waals surface area contributed by atoms with Crippen molar-refractivity contribution >= 4 is 27.5 Å². The first kappa shape index (κ1) is 26.0. The van der Waals surface area contributed by atoms with Crippen molar-refractivity contribution in [3.63, 3.8) is 0 Å². The Morgan fingerprint density at radius 1 is 0.972 bits per heavy atom. The molecule has 0 unspecified atom stereocenters. The Kier molecular flexibility index (Phi) is 7.58. The van der Waals surface area contributed by atoms with Crippen molar-refractivity contribution in [3.8, 4) is 0 Å². The lowest BCUT2D eigenvalue weighted by atomic mass is 9.95. The fourth-order valence-electron chi connectivity index (χ4n) is 4.69. The predicted molar refractivity (Wildman–Crippen MR) is 133 cm³/mol. The minimum atomic E-state index is -3.68. The van der Waals surface area contributed by atoms with Crippen LogP contribution in [-0.4, -0.2) is 79.6 Å². The van der Waals surface area contributed by atoms with Crippen molar-refractivity contribution in [2.24, 2.45) is 0 Å². The highest BCUT2D eigenvalue weighted by Gasteiger charge is 2.46. The third-order valence-corrected chi connectivity index (χ3v) is 8.57. The lowest BCUT2D eigenvalue weighted by Crippen LogP contribution is -2.39. The highest BCUT2D eigenvalue weighted by Crippen LogP contribution is 2.39. The number of aliphatic hydroxyl groups is 1. The Hall–Kier alpha value is -3.08. The molecule has 2 aromatic rings. The average Bonchev–Trinajstić information content (AvgIpc) is 3.13. The van der Waals surface area contributed by atoms with Gasteiger partial charge in [-0.1, -0.05) is 18.6 Å². The van der Waals surface area contributed by atoms with Crippen molar-refractivity contribution < 1.29 is 27.5 Å². The van der Waals surface area contributed by atoms with Crippen molar-refractivity contribution in [2.45, 2.75) is 30.2 Å². The average molecular weight is 516 g/mol. The molecule has 1 atom stereocenters. The van der Waals surface area contributed by atoms with Crippen LogP contribution in [0.2, 0.25) is 0 Å². The quantitative estimate of drug-likeness (QED) is 0.346. The fourth-order valence-corrected chi connectivity index (χ4v) is 5.59. The van der Waals surface area contributed by atoms with Crippen LogP contribution in [0, 0.1) is 5.82 Å². The van der Waals surface area contributed by atoms with Gasteiger partial charge in [-0.3, -0.25) is 9.59 Å². The largest absolute Gasteiger partial charge is 0.507 e. The number of likely N-dealkylation sites (tertiary alicyclic amines) is 2. The normalized spacial score (nSPS) is 20.9. The highest BCUT2D eigenvalue weighted by molar-refractivity contribution is 7.89. The van der Waals surface area contributed by atoms with Crippen molar-refractivity contribution in [3.05, 3.63) is 71.0 Å². The highest BCUT2D eigenvalue weighted by atomic mass is 32.2. The van der Waals surface area contributed by atoms with Crippen LogP contribution in [0.1, 0.15) is 36.4 Å². The Bertz CT molecular complexity index is 1270. The molecule has 1 N–H and O–H groups in total. The van der Waals surface area contributed by atoms with E-state index in [9.17, 15) is 27.5 Å². The van der Waals surface area contributed by atoms with E-state index in [1.807, 2.05) is 0 Å². The molecule has 36 heavy (non-hydrogen) atoms. The Balaban J connectivity index is 1.72. The smallest absolute Gasteiger partial charge is 0.295 e. The molecule has 1 amide bonds. The van der Waals surface area contributed by atoms with E-state index in [1.54, 1.807) is 0 Å². The number of amides is 1. The molecule has 2 aromatic carbocycles. The molecule has 10 heteroatoms. The van der Waals surface area contributed by atoms with Gasteiger partial charge in [0.2, 0.25) is 10.0 Å². The SMILES string of the molecule is CN(C)S(=O)(=O)c1ccc(/C(O)=C2\C(=O)C(=O)N(CCN3CCCCC3)[C@H]2c2ccc(F)cc2)cc1. The van der Waals surface area contributed by atoms with E-state index in [-0.39, 0.29) is 22.6 Å². The van der Waals surface area contributed by atoms with Gasteiger partial charge in [0.25, 0.3) is 11.7 Å². The van der Waals surface area contributed by atoms with E-state index in [2.05, 4.69) is 4.90 Å². The van der Waals surface area contributed by atoms with Crippen LogP contribution in [0.25, 0.3) is 5.76 Å². The number of carbonyl (C=O) groups is 2. The Morgan fingerprint density at radius 2 is 1.58 bits per heavy atom. The number of aliphatic hydroxyl groups excluding tert-OH is 1. The molecule has 2 heterocycles. The number of ketones is 1. The minimum Gasteiger partial charge on any atom is -0.507 e. The molecule has 2 fully saturated rings. The van der Waals surface area contributed by atoms with Crippen LogP contribution >= 0.6 is 0 Å². The molecule has 4 rings (SSSR count). The second-order valence-corrected chi connectivity index (χ2v) is 11.4. The van der Waals surface area contributed by atoms with Gasteiger partial charge < -0.3 is 14.9 Å². The van der Waals surface area contributed by atoms with Crippen LogP contribution in [0.15, 0.2) is 59.0 Å². The number of nitrogens with zero attached hydrogens (tertiary/aromatic N) is 3. The summed E-state index contributed by atoms with van der Waals surface area (Å²) in [7, 11) is -0.849. The zero-order chi connectivity index (χ0) is 26.0. The van der Waals surface area contributed by atoms with Gasteiger partial charge in [0, 0.05) is 32.7 Å². The maximum atomic E-state index is 13.7. The van der Waals surface area contributed by atoms with Crippen LogP contribution in [-0.2, 0) is 19.6 Å². The molecule has 0 aliphatic carbocycles. The van der Waals surface area contributed by atoms with Gasteiger partial charge in [-0.2, -0.15) is 0 Å². The molecule has 0 spiro atoms. The minimum absolute atomic E-state index is 0.0288. The molecule has 2 saturated heterocycles. The van der Waals surface area contributed by atoms with Gasteiger partial charge in [0.05, 0.1) is 16.5 Å². The van der Waals surface area contributed by atoms with Crippen LogP contribution in [0.3, 0.4) is 0 Å². The third-order valence-electron chi connectivity index (χ3n) is 6.74. The van der Waals surface area contributed by atoms with Gasteiger partial charge in [0.15, 0.2) is 0 Å². The summed E-state index contributed by atoms with van der Waals surface area (Å²) >= 11 is 0. The molecule has 0 aromatic heterocycles. The summed E-state index contributed by atoms with van der Waals surface area (Å²) < 4.78 is 39.5. The van der Waals surface area contributed by atoms with E-state index in [4.69, 9.17) is 0 Å². The number of carbonyl (C=O) groups excluding carboxylic acids is 2. The molecule has 192 valence electrons. The van der Waals surface area contributed by atoms with Crippen LogP contribution < -0.4 is 0 Å². The first-order valence-electron chi connectivity index (χ1n) is 11.9. The number of piperidine rings is 1. The lowest BCUT2D eigenvalue weighted by Gasteiger charge is -2.31. The summed E-state index contributed by atoms with van der Waals surface area (Å²) in [6.07, 6.45) is 3.34. The zero-order valence-electron chi connectivity index (χ0n) is 20.4. The maximum absolute atomic E-state index is 13.7. The molecule has 2 aliphatic rings.